The van der Waals surface area contributed by atoms with Crippen molar-refractivity contribution in [1.82, 2.24) is 15.4 Å². The van der Waals surface area contributed by atoms with Crippen LogP contribution in [0.15, 0.2) is 0 Å². The van der Waals surface area contributed by atoms with E-state index in [1.807, 2.05) is 5.48 Å². The molecule has 2 heterocycles. The lowest BCUT2D eigenvalue weighted by molar-refractivity contribution is -0.176. The minimum atomic E-state index is -4.87. The lowest BCUT2D eigenvalue weighted by Gasteiger charge is -2.30. The molecular formula is C11H17N3O9S. The van der Waals surface area contributed by atoms with Gasteiger partial charge in [-0.25, -0.2) is 15.1 Å². The van der Waals surface area contributed by atoms with Gasteiger partial charge in [0.05, 0.1) is 6.04 Å². The number of piperidine rings is 1. The molecule has 3 N–H and O–H groups in total. The molecule has 1 unspecified atom stereocenters. The van der Waals surface area contributed by atoms with Crippen molar-refractivity contribution in [2.45, 2.75) is 44.4 Å². The molecule has 2 saturated heterocycles. The number of amides is 3. The highest BCUT2D eigenvalue weighted by molar-refractivity contribution is 7.80. The third-order valence-electron chi connectivity index (χ3n) is 3.72. The summed E-state index contributed by atoms with van der Waals surface area (Å²) >= 11 is 0. The first-order valence-electron chi connectivity index (χ1n) is 6.90. The van der Waals surface area contributed by atoms with Gasteiger partial charge in [-0.3, -0.25) is 14.2 Å². The molecular weight excluding hydrogens is 350 g/mol. The van der Waals surface area contributed by atoms with Crippen molar-refractivity contribution in [3.8, 4) is 0 Å². The van der Waals surface area contributed by atoms with Gasteiger partial charge in [0.1, 0.15) is 6.04 Å². The smallest absolute Gasteiger partial charge is 0.418 e. The Labute approximate surface area is 137 Å². The molecule has 0 saturated carbocycles. The maximum atomic E-state index is 12.1. The monoisotopic (exact) mass is 367 g/mol. The number of nitrogens with zero attached hydrogens (tertiary/aromatic N) is 2. The average Bonchev–Trinajstić information content (AvgIpc) is 2.68. The molecule has 0 aromatic carbocycles. The average molecular weight is 367 g/mol. The Morgan fingerprint density at radius 3 is 2.50 bits per heavy atom. The van der Waals surface area contributed by atoms with Crippen molar-refractivity contribution in [1.29, 1.82) is 0 Å². The van der Waals surface area contributed by atoms with Gasteiger partial charge >= 0.3 is 22.4 Å². The molecule has 0 aromatic heterocycles. The van der Waals surface area contributed by atoms with Crippen LogP contribution in [-0.2, 0) is 29.1 Å². The first-order valence-corrected chi connectivity index (χ1v) is 8.27. The summed E-state index contributed by atoms with van der Waals surface area (Å²) < 4.78 is 34.5. The van der Waals surface area contributed by atoms with Crippen LogP contribution < -0.4 is 5.48 Å². The summed E-state index contributed by atoms with van der Waals surface area (Å²) in [4.78, 5) is 41.1. The summed E-state index contributed by atoms with van der Waals surface area (Å²) in [6.45, 7) is 2.49. The predicted molar refractivity (Wildman–Crippen MR) is 74.3 cm³/mol. The van der Waals surface area contributed by atoms with Gasteiger partial charge in [0, 0.05) is 6.54 Å². The van der Waals surface area contributed by atoms with E-state index in [9.17, 15) is 22.8 Å². The van der Waals surface area contributed by atoms with Crippen molar-refractivity contribution in [2.75, 3.05) is 6.54 Å². The maximum absolute atomic E-state index is 12.1. The van der Waals surface area contributed by atoms with Gasteiger partial charge in [0.25, 0.3) is 5.91 Å². The van der Waals surface area contributed by atoms with Crippen LogP contribution in [0.5, 0.6) is 0 Å². The summed E-state index contributed by atoms with van der Waals surface area (Å²) in [5, 5.41) is 9.41. The highest BCUT2D eigenvalue weighted by Crippen LogP contribution is 2.30. The van der Waals surface area contributed by atoms with Gasteiger partial charge in [0.2, 0.25) is 0 Å². The normalized spacial score (nSPS) is 24.2. The van der Waals surface area contributed by atoms with Gasteiger partial charge in [-0.2, -0.15) is 13.5 Å². The molecule has 13 heteroatoms. The number of hydroxylamine groups is 3. The molecule has 2 rings (SSSR count). The number of aliphatic carboxylic acids is 1. The van der Waals surface area contributed by atoms with Crippen molar-refractivity contribution in [2.24, 2.45) is 0 Å². The molecule has 0 aliphatic carbocycles. The molecule has 0 radical (unpaired) electrons. The second-order valence-corrected chi connectivity index (χ2v) is 6.90. The SMILES string of the molecule is CC(C)(ONC(=O)[C@@H]1CCC2CN1C(=O)N2OS(=O)(=O)O)C(=O)O. The minimum absolute atomic E-state index is 0.0226. The van der Waals surface area contributed by atoms with E-state index in [1.54, 1.807) is 0 Å². The number of carboxylic acids is 1. The zero-order valence-electron chi connectivity index (χ0n) is 12.8. The molecule has 3 amide bonds. The third kappa shape index (κ3) is 3.75. The molecule has 12 nitrogen and oxygen atoms in total. The van der Waals surface area contributed by atoms with Crippen LogP contribution in [0.2, 0.25) is 0 Å². The highest BCUT2D eigenvalue weighted by atomic mass is 32.3. The van der Waals surface area contributed by atoms with Crippen LogP contribution in [-0.4, -0.2) is 70.2 Å². The number of hydrogen-bond donors (Lipinski definition) is 3. The van der Waals surface area contributed by atoms with Gasteiger partial charge in [0.15, 0.2) is 5.60 Å². The number of carbonyl (C=O) groups is 3. The fourth-order valence-electron chi connectivity index (χ4n) is 2.39. The lowest BCUT2D eigenvalue weighted by Crippen LogP contribution is -2.52. The Morgan fingerprint density at radius 2 is 1.96 bits per heavy atom. The number of rotatable bonds is 6. The van der Waals surface area contributed by atoms with Gasteiger partial charge in [-0.15, -0.1) is 4.28 Å². The predicted octanol–water partition coefficient (Wildman–Crippen LogP) is -1.10. The molecule has 0 spiro atoms. The molecule has 2 aliphatic rings. The van der Waals surface area contributed by atoms with E-state index < -0.39 is 46.0 Å². The number of carbonyl (C=O) groups excluding carboxylic acids is 2. The Balaban J connectivity index is 2.03. The van der Waals surface area contributed by atoms with E-state index in [2.05, 4.69) is 4.28 Å². The summed E-state index contributed by atoms with van der Waals surface area (Å²) in [7, 11) is -4.87. The fourth-order valence-corrected chi connectivity index (χ4v) is 2.78. The Kier molecular flexibility index (Phi) is 4.72. The number of nitrogens with one attached hydrogen (secondary N) is 1. The molecule has 2 bridgehead atoms. The molecule has 2 fully saturated rings. The maximum Gasteiger partial charge on any atom is 0.418 e. The quantitative estimate of drug-likeness (QED) is 0.390. The van der Waals surface area contributed by atoms with Gasteiger partial charge < -0.3 is 10.0 Å². The fraction of sp³-hybridized carbons (Fsp3) is 0.727. The Hall–Kier alpha value is -1.96. The second kappa shape index (κ2) is 6.16. The minimum Gasteiger partial charge on any atom is -0.479 e. The largest absolute Gasteiger partial charge is 0.479 e. The first kappa shape index (κ1) is 18.4. The van der Waals surface area contributed by atoms with E-state index in [0.717, 1.165) is 4.90 Å². The van der Waals surface area contributed by atoms with Crippen molar-refractivity contribution in [3.63, 3.8) is 0 Å². The highest BCUT2D eigenvalue weighted by Gasteiger charge is 2.49. The summed E-state index contributed by atoms with van der Waals surface area (Å²) in [6.07, 6.45) is 0.433. The molecule has 2 aliphatic heterocycles. The first-order chi connectivity index (χ1) is 10.9. The summed E-state index contributed by atoms with van der Waals surface area (Å²) in [5.41, 5.74) is 0.335. The number of fused-ring (bicyclic) bond motifs is 2. The van der Waals surface area contributed by atoms with E-state index in [1.165, 1.54) is 13.8 Å². The van der Waals surface area contributed by atoms with Crippen molar-refractivity contribution >= 4 is 28.3 Å². The molecule has 2 atom stereocenters. The Morgan fingerprint density at radius 1 is 1.33 bits per heavy atom. The number of urea groups is 1. The van der Waals surface area contributed by atoms with Crippen LogP contribution in [0.3, 0.4) is 0 Å². The molecule has 0 aromatic rings. The molecule has 136 valence electrons. The van der Waals surface area contributed by atoms with E-state index in [-0.39, 0.29) is 19.4 Å². The van der Waals surface area contributed by atoms with Crippen LogP contribution >= 0.6 is 0 Å². The van der Waals surface area contributed by atoms with Crippen molar-refractivity contribution in [3.05, 3.63) is 0 Å². The topological polar surface area (TPSA) is 163 Å². The van der Waals surface area contributed by atoms with Gasteiger partial charge in [-0.1, -0.05) is 0 Å². The van der Waals surface area contributed by atoms with Crippen LogP contribution in [0, 0.1) is 0 Å². The van der Waals surface area contributed by atoms with Crippen LogP contribution in [0.25, 0.3) is 0 Å². The lowest BCUT2D eigenvalue weighted by atomic mass is 10.0. The standard InChI is InChI=1S/C11H17N3O9S/c1-11(2,9(16)17)22-12-8(15)7-4-3-6-5-13(7)10(18)14(6)23-24(19,20)21/h6-7H,3-5H2,1-2H3,(H,12,15)(H,16,17)(H,19,20,21)/t6?,7-/m0/s1. The van der Waals surface area contributed by atoms with E-state index in [0.29, 0.717) is 5.06 Å². The summed E-state index contributed by atoms with van der Waals surface area (Å²) in [5.74, 6) is -2.04. The van der Waals surface area contributed by atoms with Crippen LogP contribution in [0.1, 0.15) is 26.7 Å². The zero-order valence-corrected chi connectivity index (χ0v) is 13.6. The Bertz CT molecular complexity index is 662. The summed E-state index contributed by atoms with van der Waals surface area (Å²) in [6, 6.07) is -2.50. The molecule has 24 heavy (non-hydrogen) atoms. The second-order valence-electron chi connectivity index (χ2n) is 5.89. The van der Waals surface area contributed by atoms with E-state index in [4.69, 9.17) is 14.5 Å². The number of carboxylic acid groups (broad SMARTS) is 1. The van der Waals surface area contributed by atoms with Crippen molar-refractivity contribution < 1.29 is 41.6 Å². The number of hydrogen-bond acceptors (Lipinski definition) is 7. The van der Waals surface area contributed by atoms with E-state index >= 15 is 0 Å². The van der Waals surface area contributed by atoms with Gasteiger partial charge in [-0.05, 0) is 26.7 Å². The zero-order chi connectivity index (χ0) is 18.3. The third-order valence-corrected chi connectivity index (χ3v) is 4.07. The van der Waals surface area contributed by atoms with Crippen LogP contribution in [0.4, 0.5) is 4.79 Å².